The first kappa shape index (κ1) is 18.2. The quantitative estimate of drug-likeness (QED) is 0.637. The molecule has 0 aromatic carbocycles. The van der Waals surface area contributed by atoms with Crippen LogP contribution in [0, 0.1) is 11.8 Å². The van der Waals surface area contributed by atoms with Gasteiger partial charge >= 0.3 is 11.9 Å². The van der Waals surface area contributed by atoms with E-state index in [1.165, 1.54) is 7.11 Å². The highest BCUT2D eigenvalue weighted by atomic mass is 28.4. The Labute approximate surface area is 128 Å². The number of carboxylic acids is 1. The Morgan fingerprint density at radius 2 is 1.62 bits per heavy atom. The van der Waals surface area contributed by atoms with Gasteiger partial charge in [0.2, 0.25) is 0 Å². The smallest absolute Gasteiger partial charge is 0.308 e. The number of esters is 1. The lowest BCUT2D eigenvalue weighted by Crippen LogP contribution is -2.47. The second kappa shape index (κ2) is 6.48. The van der Waals surface area contributed by atoms with Gasteiger partial charge in [0.05, 0.1) is 18.9 Å². The summed E-state index contributed by atoms with van der Waals surface area (Å²) in [5, 5.41) is 9.35. The normalized spacial score (nSPS) is 27.2. The lowest BCUT2D eigenvalue weighted by atomic mass is 9.80. The predicted molar refractivity (Wildman–Crippen MR) is 82.6 cm³/mol. The fraction of sp³-hybridized carbons (Fsp3) is 0.867. The third kappa shape index (κ3) is 4.54. The van der Waals surface area contributed by atoms with Crippen LogP contribution in [0.4, 0.5) is 0 Å². The average molecular weight is 316 g/mol. The molecule has 1 saturated carbocycles. The number of carboxylic acid groups (broad SMARTS) is 1. The zero-order valence-electron chi connectivity index (χ0n) is 13.9. The Bertz CT molecular complexity index is 399. The number of carbonyl (C=O) groups excluding carboxylic acids is 1. The predicted octanol–water partition coefficient (Wildman–Crippen LogP) is 3.05. The summed E-state index contributed by atoms with van der Waals surface area (Å²) in [5.41, 5.74) is 0. The van der Waals surface area contributed by atoms with Crippen LogP contribution in [0.5, 0.6) is 0 Å². The van der Waals surface area contributed by atoms with Gasteiger partial charge in [-0.1, -0.05) is 20.8 Å². The number of hydrogen-bond donors (Lipinski definition) is 1. The van der Waals surface area contributed by atoms with Gasteiger partial charge in [0, 0.05) is 6.10 Å². The third-order valence-electron chi connectivity index (χ3n) is 4.82. The van der Waals surface area contributed by atoms with Crippen molar-refractivity contribution in [2.75, 3.05) is 7.11 Å². The maximum atomic E-state index is 11.8. The van der Waals surface area contributed by atoms with Crippen LogP contribution in [0.1, 0.15) is 40.0 Å². The van der Waals surface area contributed by atoms with E-state index < -0.39 is 20.2 Å². The number of carbonyl (C=O) groups is 2. The van der Waals surface area contributed by atoms with Crippen LogP contribution in [-0.4, -0.2) is 38.6 Å². The van der Waals surface area contributed by atoms with Crippen LogP contribution in [0.3, 0.4) is 0 Å². The van der Waals surface area contributed by atoms with Gasteiger partial charge in [0.25, 0.3) is 0 Å². The average Bonchev–Trinajstić information content (AvgIpc) is 2.35. The number of aliphatic carboxylic acids is 1. The SMILES string of the molecule is COC(=O)[C@@H]1C[C@H](O[Si](C)(C)C(C)(C)C)C[C@H](C(=O)O)C1. The van der Waals surface area contributed by atoms with Gasteiger partial charge in [-0.2, -0.15) is 0 Å². The van der Waals surface area contributed by atoms with Crippen LogP contribution < -0.4 is 0 Å². The van der Waals surface area contributed by atoms with Crippen molar-refractivity contribution in [3.63, 3.8) is 0 Å². The topological polar surface area (TPSA) is 72.8 Å². The zero-order chi connectivity index (χ0) is 16.4. The van der Waals surface area contributed by atoms with E-state index >= 15 is 0 Å². The highest BCUT2D eigenvalue weighted by Gasteiger charge is 2.43. The number of ether oxygens (including phenoxy) is 1. The zero-order valence-corrected chi connectivity index (χ0v) is 14.9. The molecular formula is C15H28O5Si. The minimum atomic E-state index is -1.98. The molecule has 1 N–H and O–H groups in total. The van der Waals surface area contributed by atoms with Crippen LogP contribution in [0.2, 0.25) is 18.1 Å². The molecule has 0 aromatic heterocycles. The first-order valence-corrected chi connectivity index (χ1v) is 10.4. The molecule has 0 aliphatic heterocycles. The van der Waals surface area contributed by atoms with Crippen molar-refractivity contribution < 1.29 is 23.9 Å². The highest BCUT2D eigenvalue weighted by molar-refractivity contribution is 6.74. The van der Waals surface area contributed by atoms with E-state index in [2.05, 4.69) is 33.9 Å². The molecule has 0 bridgehead atoms. The van der Waals surface area contributed by atoms with E-state index in [9.17, 15) is 14.7 Å². The molecule has 0 spiro atoms. The molecule has 0 saturated heterocycles. The number of rotatable bonds is 4. The third-order valence-corrected chi connectivity index (χ3v) is 9.35. The minimum Gasteiger partial charge on any atom is -0.481 e. The molecule has 5 nitrogen and oxygen atoms in total. The molecule has 1 aliphatic rings. The van der Waals surface area contributed by atoms with E-state index in [1.54, 1.807) is 0 Å². The second-order valence-corrected chi connectivity index (χ2v) is 12.2. The van der Waals surface area contributed by atoms with Crippen LogP contribution in [0.15, 0.2) is 0 Å². The van der Waals surface area contributed by atoms with Crippen molar-refractivity contribution in [2.24, 2.45) is 11.8 Å². The Morgan fingerprint density at radius 1 is 1.10 bits per heavy atom. The van der Waals surface area contributed by atoms with Gasteiger partial charge in [-0.05, 0) is 37.4 Å². The van der Waals surface area contributed by atoms with Gasteiger partial charge in [-0.25, -0.2) is 0 Å². The van der Waals surface area contributed by atoms with E-state index in [0.29, 0.717) is 19.3 Å². The molecule has 6 heteroatoms. The maximum absolute atomic E-state index is 11.8. The molecular weight excluding hydrogens is 288 g/mol. The molecule has 1 rings (SSSR count). The fourth-order valence-corrected chi connectivity index (χ4v) is 3.90. The van der Waals surface area contributed by atoms with Crippen molar-refractivity contribution in [2.45, 2.75) is 64.3 Å². The van der Waals surface area contributed by atoms with Crippen molar-refractivity contribution in [1.29, 1.82) is 0 Å². The molecule has 1 aliphatic carbocycles. The van der Waals surface area contributed by atoms with Gasteiger partial charge < -0.3 is 14.3 Å². The second-order valence-electron chi connectivity index (χ2n) is 7.46. The summed E-state index contributed by atoms with van der Waals surface area (Å²) in [6.07, 6.45) is 1.21. The van der Waals surface area contributed by atoms with Crippen molar-refractivity contribution >= 4 is 20.3 Å². The summed E-state index contributed by atoms with van der Waals surface area (Å²) in [5.74, 6) is -2.09. The standard InChI is InChI=1S/C15H28O5Si/c1-15(2,3)21(5,6)20-12-8-10(13(16)17)7-11(9-12)14(18)19-4/h10-12H,7-9H2,1-6H3,(H,16,17)/t10-,11+,12-/m1/s1. The Kier molecular flexibility index (Phi) is 5.61. The first-order chi connectivity index (χ1) is 9.48. The molecule has 0 aromatic rings. The minimum absolute atomic E-state index is 0.0595. The van der Waals surface area contributed by atoms with Crippen molar-refractivity contribution in [3.05, 3.63) is 0 Å². The molecule has 0 amide bonds. The monoisotopic (exact) mass is 316 g/mol. The Balaban J connectivity index is 2.86. The van der Waals surface area contributed by atoms with Crippen molar-refractivity contribution in [1.82, 2.24) is 0 Å². The molecule has 21 heavy (non-hydrogen) atoms. The van der Waals surface area contributed by atoms with Gasteiger partial charge in [-0.3, -0.25) is 9.59 Å². The molecule has 0 heterocycles. The van der Waals surface area contributed by atoms with Gasteiger partial charge in [0.15, 0.2) is 8.32 Å². The lowest BCUT2D eigenvalue weighted by Gasteiger charge is -2.42. The highest BCUT2D eigenvalue weighted by Crippen LogP contribution is 2.41. The largest absolute Gasteiger partial charge is 0.481 e. The molecule has 0 radical (unpaired) electrons. The van der Waals surface area contributed by atoms with Crippen LogP contribution in [-0.2, 0) is 18.8 Å². The lowest BCUT2D eigenvalue weighted by molar-refractivity contribution is -0.152. The molecule has 3 atom stereocenters. The fourth-order valence-electron chi connectivity index (χ4n) is 2.52. The Morgan fingerprint density at radius 3 is 2.05 bits per heavy atom. The van der Waals surface area contributed by atoms with Crippen LogP contribution in [0.25, 0.3) is 0 Å². The van der Waals surface area contributed by atoms with E-state index in [1.807, 2.05) is 0 Å². The summed E-state index contributed by atoms with van der Waals surface area (Å²) < 4.78 is 11.1. The first-order valence-electron chi connectivity index (χ1n) is 7.46. The summed E-state index contributed by atoms with van der Waals surface area (Å²) >= 11 is 0. The van der Waals surface area contributed by atoms with Crippen LogP contribution >= 0.6 is 0 Å². The van der Waals surface area contributed by atoms with Gasteiger partial charge in [-0.15, -0.1) is 0 Å². The summed E-state index contributed by atoms with van der Waals surface area (Å²) in [6.45, 7) is 10.7. The molecule has 1 fully saturated rings. The van der Waals surface area contributed by atoms with Crippen molar-refractivity contribution in [3.8, 4) is 0 Å². The number of hydrogen-bond acceptors (Lipinski definition) is 4. The Hall–Kier alpha value is -0.883. The summed E-state index contributed by atoms with van der Waals surface area (Å²) in [7, 11) is -0.633. The van der Waals surface area contributed by atoms with E-state index in [4.69, 9.17) is 9.16 Å². The van der Waals surface area contributed by atoms with Gasteiger partial charge in [0.1, 0.15) is 0 Å². The van der Waals surface area contributed by atoms with E-state index in [-0.39, 0.29) is 23.0 Å². The molecule has 0 unspecified atom stereocenters. The van der Waals surface area contributed by atoms with E-state index in [0.717, 1.165) is 0 Å². The summed E-state index contributed by atoms with van der Waals surface area (Å²) in [6, 6.07) is 0. The maximum Gasteiger partial charge on any atom is 0.308 e. The number of methoxy groups -OCH3 is 1. The molecule has 122 valence electrons. The summed E-state index contributed by atoms with van der Waals surface area (Å²) in [4.78, 5) is 23.1.